The van der Waals surface area contributed by atoms with Crippen molar-refractivity contribution < 1.29 is 0 Å². The van der Waals surface area contributed by atoms with Crippen molar-refractivity contribution in [3.63, 3.8) is 0 Å². The summed E-state index contributed by atoms with van der Waals surface area (Å²) < 4.78 is -0.214. The van der Waals surface area contributed by atoms with Crippen LogP contribution >= 0.6 is 11.3 Å². The van der Waals surface area contributed by atoms with Crippen LogP contribution in [-0.2, 0) is 0 Å². The second-order valence-corrected chi connectivity index (χ2v) is 2.16. The molecule has 0 radical (unpaired) electrons. The van der Waals surface area contributed by atoms with Gasteiger partial charge in [-0.1, -0.05) is 0 Å². The van der Waals surface area contributed by atoms with Gasteiger partial charge in [0.15, 0.2) is 0 Å². The third-order valence-corrected chi connectivity index (χ3v) is 1.25. The summed E-state index contributed by atoms with van der Waals surface area (Å²) in [7, 11) is 0. The van der Waals surface area contributed by atoms with E-state index in [-0.39, 0.29) is 9.62 Å². The molecule has 0 unspecified atom stereocenters. The molecule has 0 aliphatic carbocycles. The Hall–Kier alpha value is -0.900. The molecule has 0 spiro atoms. The van der Waals surface area contributed by atoms with Crippen molar-refractivity contribution in [2.75, 3.05) is 0 Å². The van der Waals surface area contributed by atoms with E-state index in [1.165, 1.54) is 12.3 Å². The molecule has 0 saturated heterocycles. The topological polar surface area (TPSA) is 49.9 Å². The van der Waals surface area contributed by atoms with Gasteiger partial charge < -0.3 is 4.98 Å². The lowest BCUT2D eigenvalue weighted by Gasteiger charge is -1.72. The normalized spacial score (nSPS) is 9.00. The van der Waals surface area contributed by atoms with Gasteiger partial charge in [-0.3, -0.25) is 9.59 Å². The molecule has 1 N–H and O–H groups in total. The summed E-state index contributed by atoms with van der Waals surface area (Å²) >= 11 is 0.666. The maximum Gasteiger partial charge on any atom is 0.307 e. The zero-order valence-electron chi connectivity index (χ0n) is 3.88. The molecule has 1 heterocycles. The Morgan fingerprint density at radius 3 is 2.62 bits per heavy atom. The number of hydrogen-bond acceptors (Lipinski definition) is 3. The highest BCUT2D eigenvalue weighted by atomic mass is 32.1. The van der Waals surface area contributed by atoms with Crippen molar-refractivity contribution in [1.29, 1.82) is 0 Å². The van der Waals surface area contributed by atoms with Gasteiger partial charge in [0, 0.05) is 12.3 Å². The number of aromatic amines is 1. The van der Waals surface area contributed by atoms with Crippen molar-refractivity contribution >= 4 is 11.3 Å². The van der Waals surface area contributed by atoms with Crippen LogP contribution in [-0.4, -0.2) is 4.98 Å². The standard InChI is InChI=1S/C4H3NO2S/c6-3-1-2-5-4(7)8-3/h1-2H,(H,5,7). The van der Waals surface area contributed by atoms with E-state index >= 15 is 0 Å². The van der Waals surface area contributed by atoms with Crippen LogP contribution in [0.2, 0.25) is 0 Å². The summed E-state index contributed by atoms with van der Waals surface area (Å²) in [5, 5.41) is 0. The third-order valence-electron chi connectivity index (χ3n) is 0.614. The summed E-state index contributed by atoms with van der Waals surface area (Å²) in [5.74, 6) is 0. The zero-order chi connectivity index (χ0) is 5.98. The largest absolute Gasteiger partial charge is 0.320 e. The van der Waals surface area contributed by atoms with Crippen molar-refractivity contribution in [3.8, 4) is 0 Å². The lowest BCUT2D eigenvalue weighted by molar-refractivity contribution is 1.30. The molecule has 0 amide bonds. The van der Waals surface area contributed by atoms with E-state index in [2.05, 4.69) is 4.98 Å². The fourth-order valence-electron chi connectivity index (χ4n) is 0.333. The van der Waals surface area contributed by atoms with E-state index in [9.17, 15) is 9.59 Å². The van der Waals surface area contributed by atoms with Crippen molar-refractivity contribution in [2.45, 2.75) is 0 Å². The number of nitrogens with one attached hydrogen (secondary N) is 1. The fourth-order valence-corrected chi connectivity index (χ4v) is 0.778. The highest BCUT2D eigenvalue weighted by Gasteiger charge is 1.80. The van der Waals surface area contributed by atoms with Gasteiger partial charge in [-0.05, 0) is 11.3 Å². The van der Waals surface area contributed by atoms with Crippen LogP contribution in [0.4, 0.5) is 0 Å². The number of hydrogen-bond donors (Lipinski definition) is 1. The molecule has 0 atom stereocenters. The number of rotatable bonds is 0. The van der Waals surface area contributed by atoms with Crippen LogP contribution in [0.1, 0.15) is 0 Å². The molecule has 0 aliphatic rings. The van der Waals surface area contributed by atoms with Crippen LogP contribution in [0.15, 0.2) is 21.9 Å². The van der Waals surface area contributed by atoms with Crippen molar-refractivity contribution in [1.82, 2.24) is 4.98 Å². The summed E-state index contributed by atoms with van der Waals surface area (Å²) in [6.07, 6.45) is 1.33. The smallest absolute Gasteiger partial charge is 0.307 e. The minimum absolute atomic E-state index is 0.214. The van der Waals surface area contributed by atoms with Gasteiger partial charge >= 0.3 is 4.87 Å². The van der Waals surface area contributed by atoms with E-state index in [4.69, 9.17) is 0 Å². The highest BCUT2D eigenvalue weighted by Crippen LogP contribution is 1.66. The fraction of sp³-hybridized carbons (Fsp3) is 0. The van der Waals surface area contributed by atoms with Gasteiger partial charge in [0.25, 0.3) is 0 Å². The summed E-state index contributed by atoms with van der Waals surface area (Å²) in [6, 6.07) is 1.31. The lowest BCUT2D eigenvalue weighted by Crippen LogP contribution is -2.05. The summed E-state index contributed by atoms with van der Waals surface area (Å²) in [6.45, 7) is 0. The molecule has 0 fully saturated rings. The highest BCUT2D eigenvalue weighted by molar-refractivity contribution is 7.06. The Balaban J connectivity index is 3.50. The predicted molar refractivity (Wildman–Crippen MR) is 31.2 cm³/mol. The van der Waals surface area contributed by atoms with Crippen LogP contribution in [0.3, 0.4) is 0 Å². The molecule has 1 aromatic rings. The monoisotopic (exact) mass is 129 g/mol. The maximum absolute atomic E-state index is 10.3. The molecule has 0 aromatic carbocycles. The molecule has 0 saturated carbocycles. The van der Waals surface area contributed by atoms with Crippen molar-refractivity contribution in [2.24, 2.45) is 0 Å². The summed E-state index contributed by atoms with van der Waals surface area (Å²) in [5.41, 5.74) is 0. The number of H-pyrrole nitrogens is 1. The maximum atomic E-state index is 10.3. The Kier molecular flexibility index (Phi) is 1.26. The van der Waals surface area contributed by atoms with E-state index in [0.717, 1.165) is 0 Å². The number of aromatic nitrogens is 1. The first kappa shape index (κ1) is 5.24. The Labute approximate surface area is 48.6 Å². The molecule has 8 heavy (non-hydrogen) atoms. The minimum atomic E-state index is -0.308. The molecular formula is C4H3NO2S. The zero-order valence-corrected chi connectivity index (χ0v) is 4.70. The molecule has 3 nitrogen and oxygen atoms in total. The quantitative estimate of drug-likeness (QED) is 0.527. The van der Waals surface area contributed by atoms with Gasteiger partial charge in [-0.2, -0.15) is 0 Å². The molecule has 0 bridgehead atoms. The van der Waals surface area contributed by atoms with Crippen LogP contribution in [0, 0.1) is 0 Å². The van der Waals surface area contributed by atoms with Crippen LogP contribution in [0.5, 0.6) is 0 Å². The van der Waals surface area contributed by atoms with Gasteiger partial charge in [0.05, 0.1) is 0 Å². The van der Waals surface area contributed by atoms with Crippen LogP contribution < -0.4 is 9.62 Å². The second kappa shape index (κ2) is 1.92. The van der Waals surface area contributed by atoms with E-state index in [0.29, 0.717) is 11.3 Å². The van der Waals surface area contributed by atoms with Gasteiger partial charge in [0.1, 0.15) is 0 Å². The van der Waals surface area contributed by atoms with Gasteiger partial charge in [-0.15, -0.1) is 0 Å². The Morgan fingerprint density at radius 2 is 2.25 bits per heavy atom. The average molecular weight is 129 g/mol. The first-order valence-corrected chi connectivity index (χ1v) is 2.79. The lowest BCUT2D eigenvalue weighted by atomic mass is 10.8. The third kappa shape index (κ3) is 1.04. The Bertz CT molecular complexity index is 248. The minimum Gasteiger partial charge on any atom is -0.320 e. The van der Waals surface area contributed by atoms with Crippen LogP contribution in [0.25, 0.3) is 0 Å². The summed E-state index contributed by atoms with van der Waals surface area (Å²) in [4.78, 5) is 22.6. The molecule has 42 valence electrons. The molecule has 1 rings (SSSR count). The van der Waals surface area contributed by atoms with Gasteiger partial charge in [-0.25, -0.2) is 0 Å². The van der Waals surface area contributed by atoms with Gasteiger partial charge in [0.2, 0.25) is 4.74 Å². The molecular weight excluding hydrogens is 126 g/mol. The van der Waals surface area contributed by atoms with E-state index < -0.39 is 0 Å². The SMILES string of the molecule is O=c1cc[nH]c(=O)s1. The molecule has 4 heteroatoms. The predicted octanol–water partition coefficient (Wildman–Crippen LogP) is -0.203. The van der Waals surface area contributed by atoms with E-state index in [1.54, 1.807) is 0 Å². The van der Waals surface area contributed by atoms with E-state index in [1.807, 2.05) is 0 Å². The molecule has 0 aliphatic heterocycles. The molecule has 1 aromatic heterocycles. The average Bonchev–Trinajstić information content (AvgIpc) is 1.64. The first-order valence-electron chi connectivity index (χ1n) is 1.98. The Morgan fingerprint density at radius 1 is 1.50 bits per heavy atom. The first-order chi connectivity index (χ1) is 3.79. The van der Waals surface area contributed by atoms with Crippen molar-refractivity contribution in [3.05, 3.63) is 31.5 Å². The second-order valence-electron chi connectivity index (χ2n) is 1.19.